The predicted octanol–water partition coefficient (Wildman–Crippen LogP) is 2.33. The summed E-state index contributed by atoms with van der Waals surface area (Å²) in [7, 11) is 2.60. The van der Waals surface area contributed by atoms with Crippen LogP contribution >= 0.6 is 11.8 Å². The van der Waals surface area contributed by atoms with Crippen molar-refractivity contribution in [2.45, 2.75) is 31.6 Å². The summed E-state index contributed by atoms with van der Waals surface area (Å²) in [5.41, 5.74) is 0. The molecule has 86 valence electrons. The number of thioether (sulfide) groups is 1. The normalized spacial score (nSPS) is 14.4. The molecule has 0 fully saturated rings. The Kier molecular flexibility index (Phi) is 7.95. The van der Waals surface area contributed by atoms with E-state index in [1.165, 1.54) is 6.42 Å². The molecule has 0 bridgehead atoms. The van der Waals surface area contributed by atoms with Crippen molar-refractivity contribution in [2.24, 2.45) is 0 Å². The Balaban J connectivity index is 4.40. The molecule has 0 N–H and O–H groups in total. The fraction of sp³-hybridized carbons (Fsp3) is 1.00. The van der Waals surface area contributed by atoms with Crippen molar-refractivity contribution in [3.63, 3.8) is 0 Å². The van der Waals surface area contributed by atoms with Crippen molar-refractivity contribution in [2.75, 3.05) is 27.1 Å². The van der Waals surface area contributed by atoms with Gasteiger partial charge < -0.3 is 13.3 Å². The van der Waals surface area contributed by atoms with Gasteiger partial charge in [0.1, 0.15) is 0 Å². The van der Waals surface area contributed by atoms with Gasteiger partial charge in [-0.25, -0.2) is 0 Å². The highest BCUT2D eigenvalue weighted by atomic mass is 32.2. The second-order valence-electron chi connectivity index (χ2n) is 2.98. The molecule has 0 aromatic heterocycles. The topological polar surface area (TPSA) is 27.7 Å². The molecule has 3 nitrogen and oxygen atoms in total. The SMILES string of the molecule is CCCSC(CC)[Si](OC)(OC)OC. The maximum absolute atomic E-state index is 5.46. The molecule has 0 aromatic carbocycles. The first-order valence-corrected chi connectivity index (χ1v) is 7.82. The largest absolute Gasteiger partial charge is 0.513 e. The van der Waals surface area contributed by atoms with Gasteiger partial charge in [-0.2, -0.15) is 11.8 Å². The Hall–Kier alpha value is 0.447. The van der Waals surface area contributed by atoms with Crippen LogP contribution in [-0.2, 0) is 13.3 Å². The van der Waals surface area contributed by atoms with Crippen molar-refractivity contribution in [3.8, 4) is 0 Å². The third-order valence-corrected chi connectivity index (χ3v) is 7.79. The molecule has 0 amide bonds. The molecule has 5 heteroatoms. The second kappa shape index (κ2) is 7.70. The summed E-state index contributed by atoms with van der Waals surface area (Å²) < 4.78 is 16.4. The maximum Gasteiger partial charge on any atom is 0.513 e. The quantitative estimate of drug-likeness (QED) is 0.607. The molecule has 0 aromatic rings. The van der Waals surface area contributed by atoms with Crippen LogP contribution in [0.2, 0.25) is 0 Å². The Morgan fingerprint density at radius 2 is 1.57 bits per heavy atom. The number of hydrogen-bond donors (Lipinski definition) is 0. The molecule has 0 aliphatic heterocycles. The zero-order chi connectivity index (χ0) is 11.0. The van der Waals surface area contributed by atoms with Crippen LogP contribution in [0.4, 0.5) is 0 Å². The lowest BCUT2D eigenvalue weighted by Crippen LogP contribution is -2.52. The Bertz CT molecular complexity index is 134. The summed E-state index contributed by atoms with van der Waals surface area (Å²) in [5.74, 6) is 1.13. The van der Waals surface area contributed by atoms with Gasteiger partial charge in [-0.15, -0.1) is 0 Å². The molecule has 0 saturated heterocycles. The smallest absolute Gasteiger partial charge is 0.376 e. The van der Waals surface area contributed by atoms with E-state index in [1.54, 1.807) is 21.3 Å². The standard InChI is InChI=1S/C9H22O3SSi/c1-6-8-13-9(7-2)14(10-3,11-4)12-5/h9H,6-8H2,1-5H3. The fourth-order valence-corrected chi connectivity index (χ4v) is 5.96. The van der Waals surface area contributed by atoms with Gasteiger partial charge in [0.25, 0.3) is 0 Å². The average Bonchev–Trinajstić information content (AvgIpc) is 2.25. The number of hydrogen-bond acceptors (Lipinski definition) is 4. The van der Waals surface area contributed by atoms with Gasteiger partial charge in [0.05, 0.1) is 4.87 Å². The molecule has 0 spiro atoms. The van der Waals surface area contributed by atoms with Crippen molar-refractivity contribution < 1.29 is 13.3 Å². The van der Waals surface area contributed by atoms with Crippen molar-refractivity contribution >= 4 is 20.6 Å². The zero-order valence-corrected chi connectivity index (χ0v) is 11.6. The van der Waals surface area contributed by atoms with Crippen LogP contribution in [0.1, 0.15) is 26.7 Å². The van der Waals surface area contributed by atoms with Crippen molar-refractivity contribution in [1.82, 2.24) is 0 Å². The third kappa shape index (κ3) is 3.55. The molecular weight excluding hydrogens is 216 g/mol. The summed E-state index contributed by atoms with van der Waals surface area (Å²) in [6, 6.07) is 0. The van der Waals surface area contributed by atoms with Gasteiger partial charge in [0, 0.05) is 21.3 Å². The molecular formula is C9H22O3SSi. The van der Waals surface area contributed by atoms with Crippen LogP contribution in [0.5, 0.6) is 0 Å². The van der Waals surface area contributed by atoms with Crippen LogP contribution in [0.15, 0.2) is 0 Å². The van der Waals surface area contributed by atoms with Crippen molar-refractivity contribution in [3.05, 3.63) is 0 Å². The Morgan fingerprint density at radius 3 is 1.86 bits per heavy atom. The first-order valence-electron chi connectivity index (χ1n) is 4.97. The van der Waals surface area contributed by atoms with Crippen LogP contribution < -0.4 is 0 Å². The van der Waals surface area contributed by atoms with E-state index in [-0.39, 0.29) is 0 Å². The van der Waals surface area contributed by atoms with E-state index in [4.69, 9.17) is 13.3 Å². The summed E-state index contributed by atoms with van der Waals surface area (Å²) in [4.78, 5) is 0.349. The van der Waals surface area contributed by atoms with Gasteiger partial charge in [0.2, 0.25) is 0 Å². The minimum Gasteiger partial charge on any atom is -0.376 e. The van der Waals surface area contributed by atoms with Crippen LogP contribution in [0.25, 0.3) is 0 Å². The lowest BCUT2D eigenvalue weighted by molar-refractivity contribution is 0.121. The highest BCUT2D eigenvalue weighted by Crippen LogP contribution is 2.27. The van der Waals surface area contributed by atoms with E-state index in [1.807, 2.05) is 11.8 Å². The summed E-state index contributed by atoms with van der Waals surface area (Å²) in [6.07, 6.45) is 2.19. The van der Waals surface area contributed by atoms with Crippen molar-refractivity contribution in [1.29, 1.82) is 0 Å². The highest BCUT2D eigenvalue weighted by Gasteiger charge is 2.46. The molecule has 0 heterocycles. The maximum atomic E-state index is 5.46. The van der Waals surface area contributed by atoms with Crippen LogP contribution in [0, 0.1) is 0 Å². The summed E-state index contributed by atoms with van der Waals surface area (Å²) in [5, 5.41) is 0. The van der Waals surface area contributed by atoms with Gasteiger partial charge in [-0.1, -0.05) is 13.8 Å². The van der Waals surface area contributed by atoms with Gasteiger partial charge in [0.15, 0.2) is 0 Å². The van der Waals surface area contributed by atoms with E-state index in [0.717, 1.165) is 12.2 Å². The molecule has 1 atom stereocenters. The van der Waals surface area contributed by atoms with E-state index in [9.17, 15) is 0 Å². The molecule has 0 radical (unpaired) electrons. The average molecular weight is 238 g/mol. The first kappa shape index (κ1) is 14.4. The van der Waals surface area contributed by atoms with Crippen LogP contribution in [-0.4, -0.2) is 40.8 Å². The number of rotatable bonds is 8. The minimum absolute atomic E-state index is 0.349. The van der Waals surface area contributed by atoms with E-state index >= 15 is 0 Å². The molecule has 0 saturated carbocycles. The van der Waals surface area contributed by atoms with E-state index in [0.29, 0.717) is 4.87 Å². The van der Waals surface area contributed by atoms with E-state index < -0.39 is 8.80 Å². The van der Waals surface area contributed by atoms with Crippen LogP contribution in [0.3, 0.4) is 0 Å². The minimum atomic E-state index is -2.42. The molecule has 14 heavy (non-hydrogen) atoms. The lowest BCUT2D eigenvalue weighted by Gasteiger charge is -2.31. The van der Waals surface area contributed by atoms with Gasteiger partial charge in [-0.3, -0.25) is 0 Å². The molecule has 0 aliphatic carbocycles. The second-order valence-corrected chi connectivity index (χ2v) is 7.84. The van der Waals surface area contributed by atoms with E-state index in [2.05, 4.69) is 13.8 Å². The molecule has 1 unspecified atom stereocenters. The molecule has 0 aliphatic rings. The third-order valence-electron chi connectivity index (χ3n) is 2.14. The van der Waals surface area contributed by atoms with Gasteiger partial charge >= 0.3 is 8.80 Å². The lowest BCUT2D eigenvalue weighted by atomic mass is 10.6. The summed E-state index contributed by atoms with van der Waals surface area (Å²) in [6.45, 7) is 4.32. The summed E-state index contributed by atoms with van der Waals surface area (Å²) >= 11 is 1.89. The fourth-order valence-electron chi connectivity index (χ4n) is 1.37. The highest BCUT2D eigenvalue weighted by molar-refractivity contribution is 8.01. The first-order chi connectivity index (χ1) is 6.70. The molecule has 0 rings (SSSR count). The Morgan fingerprint density at radius 1 is 1.07 bits per heavy atom. The van der Waals surface area contributed by atoms with Gasteiger partial charge in [-0.05, 0) is 18.6 Å². The monoisotopic (exact) mass is 238 g/mol. The Labute approximate surface area is 92.9 Å². The predicted molar refractivity (Wildman–Crippen MR) is 63.6 cm³/mol. The zero-order valence-electron chi connectivity index (χ0n) is 9.83.